The standard InChI is InChI=1S/C24H26N6O2/c1-16-19-7-8-21(31)30(14-10-17-5-3-2-4-6-17)23(19)27-22(26-16)18-11-13-29(15-18)24(32)20-9-12-25-28-20/h2-6,9,12,18H,7-8,10-11,13-15H2,1H3,(H,25,28)/t18-/m0/s1. The van der Waals surface area contributed by atoms with Crippen LogP contribution in [0.25, 0.3) is 0 Å². The summed E-state index contributed by atoms with van der Waals surface area (Å²) in [6.07, 6.45) is 4.33. The highest BCUT2D eigenvalue weighted by Crippen LogP contribution is 2.32. The topological polar surface area (TPSA) is 95.1 Å². The van der Waals surface area contributed by atoms with Crippen molar-refractivity contribution in [2.45, 2.75) is 38.5 Å². The minimum Gasteiger partial charge on any atom is -0.337 e. The van der Waals surface area contributed by atoms with Crippen molar-refractivity contribution < 1.29 is 9.59 Å². The Bertz CT molecular complexity index is 1130. The molecule has 0 unspecified atom stereocenters. The van der Waals surface area contributed by atoms with Gasteiger partial charge in [0.1, 0.15) is 17.3 Å². The number of hydrogen-bond acceptors (Lipinski definition) is 5. The molecule has 2 aromatic heterocycles. The molecule has 2 amide bonds. The van der Waals surface area contributed by atoms with Gasteiger partial charge in [0.05, 0.1) is 0 Å². The molecular formula is C24H26N6O2. The third kappa shape index (κ3) is 3.88. The van der Waals surface area contributed by atoms with Crippen LogP contribution in [0.2, 0.25) is 0 Å². The number of hydrogen-bond donors (Lipinski definition) is 1. The van der Waals surface area contributed by atoms with E-state index in [-0.39, 0.29) is 17.7 Å². The Hall–Kier alpha value is -3.55. The fourth-order valence-electron chi connectivity index (χ4n) is 4.60. The summed E-state index contributed by atoms with van der Waals surface area (Å²) in [4.78, 5) is 38.8. The number of carbonyl (C=O) groups excluding carboxylic acids is 2. The average molecular weight is 431 g/mol. The molecule has 3 aromatic rings. The molecular weight excluding hydrogens is 404 g/mol. The van der Waals surface area contributed by atoms with E-state index in [1.54, 1.807) is 12.3 Å². The summed E-state index contributed by atoms with van der Waals surface area (Å²) in [5.41, 5.74) is 3.68. The minimum absolute atomic E-state index is 0.0545. The second kappa shape index (κ2) is 8.53. The van der Waals surface area contributed by atoms with Gasteiger partial charge in [-0.15, -0.1) is 0 Å². The molecule has 1 saturated heterocycles. The summed E-state index contributed by atoms with van der Waals surface area (Å²) in [7, 11) is 0. The van der Waals surface area contributed by atoms with Gasteiger partial charge in [0.25, 0.3) is 5.91 Å². The lowest BCUT2D eigenvalue weighted by atomic mass is 10.0. The molecule has 0 spiro atoms. The lowest BCUT2D eigenvalue weighted by Gasteiger charge is -2.30. The van der Waals surface area contributed by atoms with Crippen LogP contribution in [0.15, 0.2) is 42.6 Å². The lowest BCUT2D eigenvalue weighted by Crippen LogP contribution is -2.38. The number of nitrogens with one attached hydrogen (secondary N) is 1. The molecule has 2 aliphatic heterocycles. The quantitative estimate of drug-likeness (QED) is 0.672. The van der Waals surface area contributed by atoms with E-state index in [1.807, 2.05) is 34.9 Å². The van der Waals surface area contributed by atoms with Gasteiger partial charge in [0, 0.05) is 49.4 Å². The van der Waals surface area contributed by atoms with Crippen molar-refractivity contribution in [1.82, 2.24) is 25.1 Å². The van der Waals surface area contributed by atoms with Gasteiger partial charge in [-0.25, -0.2) is 9.97 Å². The number of carbonyl (C=O) groups is 2. The number of likely N-dealkylation sites (tertiary alicyclic amines) is 1. The molecule has 1 N–H and O–H groups in total. The van der Waals surface area contributed by atoms with Crippen LogP contribution in [-0.2, 0) is 17.6 Å². The number of nitrogens with zero attached hydrogens (tertiary/aromatic N) is 5. The molecule has 8 nitrogen and oxygen atoms in total. The monoisotopic (exact) mass is 430 g/mol. The van der Waals surface area contributed by atoms with Gasteiger partial charge in [-0.1, -0.05) is 30.3 Å². The van der Waals surface area contributed by atoms with E-state index < -0.39 is 0 Å². The van der Waals surface area contributed by atoms with Crippen LogP contribution in [0.3, 0.4) is 0 Å². The third-order valence-electron chi connectivity index (χ3n) is 6.39. The first-order valence-electron chi connectivity index (χ1n) is 11.1. The van der Waals surface area contributed by atoms with Gasteiger partial charge in [0.2, 0.25) is 5.91 Å². The van der Waals surface area contributed by atoms with E-state index in [1.165, 1.54) is 5.56 Å². The summed E-state index contributed by atoms with van der Waals surface area (Å²) in [6, 6.07) is 11.9. The Labute approximate surface area is 186 Å². The second-order valence-corrected chi connectivity index (χ2v) is 8.46. The molecule has 1 aromatic carbocycles. The number of aryl methyl sites for hydroxylation is 1. The van der Waals surface area contributed by atoms with Crippen molar-refractivity contribution in [2.75, 3.05) is 24.5 Å². The third-order valence-corrected chi connectivity index (χ3v) is 6.39. The predicted octanol–water partition coefficient (Wildman–Crippen LogP) is 2.66. The van der Waals surface area contributed by atoms with Crippen LogP contribution in [0.5, 0.6) is 0 Å². The smallest absolute Gasteiger partial charge is 0.271 e. The van der Waals surface area contributed by atoms with Crippen molar-refractivity contribution >= 4 is 17.6 Å². The average Bonchev–Trinajstić information content (AvgIpc) is 3.51. The Balaban J connectivity index is 1.37. The maximum Gasteiger partial charge on any atom is 0.271 e. The molecule has 0 bridgehead atoms. The zero-order valence-electron chi connectivity index (χ0n) is 18.1. The molecule has 4 heterocycles. The van der Waals surface area contributed by atoms with Crippen molar-refractivity contribution in [3.63, 3.8) is 0 Å². The molecule has 2 aliphatic rings. The lowest BCUT2D eigenvalue weighted by molar-refractivity contribution is -0.118. The molecule has 164 valence electrons. The summed E-state index contributed by atoms with van der Waals surface area (Å²) in [5, 5.41) is 6.61. The van der Waals surface area contributed by atoms with Gasteiger partial charge in [-0.2, -0.15) is 5.10 Å². The number of fused-ring (bicyclic) bond motifs is 1. The summed E-state index contributed by atoms with van der Waals surface area (Å²) < 4.78 is 0. The van der Waals surface area contributed by atoms with Crippen molar-refractivity contribution in [3.8, 4) is 0 Å². The van der Waals surface area contributed by atoms with Crippen LogP contribution in [0.4, 0.5) is 5.82 Å². The number of rotatable bonds is 5. The van der Waals surface area contributed by atoms with Gasteiger partial charge >= 0.3 is 0 Å². The summed E-state index contributed by atoms with van der Waals surface area (Å²) in [5.74, 6) is 1.58. The fourth-order valence-corrected chi connectivity index (χ4v) is 4.60. The maximum atomic E-state index is 12.8. The first kappa shape index (κ1) is 20.4. The molecule has 1 atom stereocenters. The van der Waals surface area contributed by atoms with Gasteiger partial charge in [-0.3, -0.25) is 19.6 Å². The Morgan fingerprint density at radius 3 is 2.78 bits per heavy atom. The fraction of sp³-hybridized carbons (Fsp3) is 0.375. The second-order valence-electron chi connectivity index (χ2n) is 8.46. The highest BCUT2D eigenvalue weighted by Gasteiger charge is 2.33. The Morgan fingerprint density at radius 1 is 1.16 bits per heavy atom. The van der Waals surface area contributed by atoms with Crippen LogP contribution in [-0.4, -0.2) is 56.5 Å². The van der Waals surface area contributed by atoms with E-state index in [2.05, 4.69) is 22.3 Å². The first-order chi connectivity index (χ1) is 15.6. The Morgan fingerprint density at radius 2 is 2.00 bits per heavy atom. The van der Waals surface area contributed by atoms with E-state index in [9.17, 15) is 9.59 Å². The normalized spacial score (nSPS) is 18.2. The van der Waals surface area contributed by atoms with Crippen LogP contribution < -0.4 is 4.90 Å². The number of H-pyrrole nitrogens is 1. The molecule has 0 aliphatic carbocycles. The largest absolute Gasteiger partial charge is 0.337 e. The van der Waals surface area contributed by atoms with Crippen molar-refractivity contribution in [1.29, 1.82) is 0 Å². The number of aromatic nitrogens is 4. The van der Waals surface area contributed by atoms with Crippen LogP contribution in [0.1, 0.15) is 51.9 Å². The zero-order chi connectivity index (χ0) is 22.1. The minimum atomic E-state index is -0.0562. The SMILES string of the molecule is Cc1nc([C@H]2CCN(C(=O)c3ccn[nH]3)C2)nc2c1CCC(=O)N2CCc1ccccc1. The van der Waals surface area contributed by atoms with Crippen molar-refractivity contribution in [3.05, 3.63) is 70.9 Å². The first-order valence-corrected chi connectivity index (χ1v) is 11.1. The maximum absolute atomic E-state index is 12.8. The van der Waals surface area contributed by atoms with Gasteiger partial charge in [-0.05, 0) is 37.8 Å². The molecule has 1 fully saturated rings. The predicted molar refractivity (Wildman–Crippen MR) is 119 cm³/mol. The zero-order valence-corrected chi connectivity index (χ0v) is 18.1. The van der Waals surface area contributed by atoms with Crippen LogP contribution in [0, 0.1) is 6.92 Å². The summed E-state index contributed by atoms with van der Waals surface area (Å²) >= 11 is 0. The molecule has 32 heavy (non-hydrogen) atoms. The number of amides is 2. The van der Waals surface area contributed by atoms with E-state index in [0.29, 0.717) is 38.2 Å². The number of aromatic amines is 1. The molecule has 8 heteroatoms. The molecule has 5 rings (SSSR count). The van der Waals surface area contributed by atoms with Crippen LogP contribution >= 0.6 is 0 Å². The van der Waals surface area contributed by atoms with Gasteiger partial charge < -0.3 is 4.90 Å². The summed E-state index contributed by atoms with van der Waals surface area (Å²) in [6.45, 7) is 3.81. The van der Waals surface area contributed by atoms with E-state index in [0.717, 1.165) is 35.7 Å². The number of anilines is 1. The molecule has 0 saturated carbocycles. The van der Waals surface area contributed by atoms with Crippen molar-refractivity contribution in [2.24, 2.45) is 0 Å². The van der Waals surface area contributed by atoms with E-state index in [4.69, 9.17) is 9.97 Å². The number of benzene rings is 1. The highest BCUT2D eigenvalue weighted by atomic mass is 16.2. The highest BCUT2D eigenvalue weighted by molar-refractivity contribution is 5.95. The van der Waals surface area contributed by atoms with E-state index >= 15 is 0 Å². The van der Waals surface area contributed by atoms with Gasteiger partial charge in [0.15, 0.2) is 0 Å². The Kier molecular flexibility index (Phi) is 5.43. The molecule has 0 radical (unpaired) electrons.